The van der Waals surface area contributed by atoms with Gasteiger partial charge in [-0.15, -0.1) is 0 Å². The van der Waals surface area contributed by atoms with E-state index in [-0.39, 0.29) is 18.9 Å². The van der Waals surface area contributed by atoms with Crippen molar-refractivity contribution in [2.75, 3.05) is 18.8 Å². The number of aliphatic carboxylic acids is 1. The van der Waals surface area contributed by atoms with Crippen molar-refractivity contribution in [1.82, 2.24) is 9.80 Å². The Balaban J connectivity index is 2.13. The second-order valence-corrected chi connectivity index (χ2v) is 6.70. The maximum Gasteiger partial charge on any atom is 0.328 e. The second kappa shape index (κ2) is 9.59. The average Bonchev–Trinajstić information content (AvgIpc) is 2.91. The van der Waals surface area contributed by atoms with Crippen molar-refractivity contribution in [3.63, 3.8) is 0 Å². The number of unbranched alkanes of at least 4 members (excludes halogenated alkanes) is 1. The Kier molecular flexibility index (Phi) is 7.47. The molecule has 8 heteroatoms. The van der Waals surface area contributed by atoms with Crippen LogP contribution in [0.3, 0.4) is 0 Å². The predicted octanol–water partition coefficient (Wildman–Crippen LogP) is 1.37. The number of nitrogens with zero attached hydrogens (tertiary/aromatic N) is 2. The van der Waals surface area contributed by atoms with Crippen LogP contribution in [0.15, 0.2) is 30.3 Å². The minimum atomic E-state index is -1.10. The summed E-state index contributed by atoms with van der Waals surface area (Å²) < 4.78 is 0. The first-order valence-corrected chi connectivity index (χ1v) is 9.33. The molecule has 26 heavy (non-hydrogen) atoms. The van der Waals surface area contributed by atoms with Gasteiger partial charge >= 0.3 is 12.0 Å². The maximum absolute atomic E-state index is 12.8. The predicted molar refractivity (Wildman–Crippen MR) is 101 cm³/mol. The van der Waals surface area contributed by atoms with Crippen LogP contribution in [0.5, 0.6) is 0 Å². The van der Waals surface area contributed by atoms with Crippen LogP contribution >= 0.6 is 12.6 Å². The number of carboxylic acids is 1. The number of urea groups is 1. The van der Waals surface area contributed by atoms with Crippen LogP contribution in [-0.2, 0) is 16.0 Å². The van der Waals surface area contributed by atoms with E-state index in [1.54, 1.807) is 0 Å². The third kappa shape index (κ3) is 4.76. The molecule has 7 nitrogen and oxygen atoms in total. The van der Waals surface area contributed by atoms with E-state index in [0.717, 1.165) is 10.5 Å². The quantitative estimate of drug-likeness (QED) is 0.324. The van der Waals surface area contributed by atoms with Crippen molar-refractivity contribution in [3.05, 3.63) is 35.9 Å². The van der Waals surface area contributed by atoms with E-state index in [4.69, 9.17) is 5.73 Å². The molecular formula is C18H25N3O4S. The SMILES string of the molecule is NCCCC[C@@H](C(=O)O)N1CC(=O)N(C(CS)Cc2ccccc2)C1=O. The molecule has 2 rings (SSSR count). The van der Waals surface area contributed by atoms with Gasteiger partial charge in [0.25, 0.3) is 5.91 Å². The topological polar surface area (TPSA) is 104 Å². The number of benzene rings is 1. The first kappa shape index (κ1) is 20.3. The normalized spacial score (nSPS) is 16.8. The summed E-state index contributed by atoms with van der Waals surface area (Å²) in [5.41, 5.74) is 6.44. The zero-order valence-corrected chi connectivity index (χ0v) is 15.5. The van der Waals surface area contributed by atoms with Gasteiger partial charge in [0.1, 0.15) is 12.6 Å². The van der Waals surface area contributed by atoms with E-state index >= 15 is 0 Å². The van der Waals surface area contributed by atoms with E-state index in [1.165, 1.54) is 4.90 Å². The number of thiol groups is 1. The Labute approximate surface area is 158 Å². The summed E-state index contributed by atoms with van der Waals surface area (Å²) in [6.07, 6.45) is 2.03. The maximum atomic E-state index is 12.8. The summed E-state index contributed by atoms with van der Waals surface area (Å²) >= 11 is 4.30. The Morgan fingerprint density at radius 2 is 1.92 bits per heavy atom. The molecule has 1 heterocycles. The first-order valence-electron chi connectivity index (χ1n) is 8.70. The van der Waals surface area contributed by atoms with E-state index in [9.17, 15) is 19.5 Å². The van der Waals surface area contributed by atoms with Crippen molar-refractivity contribution in [2.24, 2.45) is 5.73 Å². The molecule has 142 valence electrons. The fraction of sp³-hybridized carbons (Fsp3) is 0.500. The number of carbonyl (C=O) groups is 3. The lowest BCUT2D eigenvalue weighted by atomic mass is 10.1. The molecular weight excluding hydrogens is 354 g/mol. The van der Waals surface area contributed by atoms with Crippen LogP contribution in [-0.4, -0.2) is 63.7 Å². The van der Waals surface area contributed by atoms with Gasteiger partial charge in [0.15, 0.2) is 0 Å². The van der Waals surface area contributed by atoms with E-state index < -0.39 is 24.1 Å². The van der Waals surface area contributed by atoms with Crippen molar-refractivity contribution in [3.8, 4) is 0 Å². The minimum Gasteiger partial charge on any atom is -0.480 e. The summed E-state index contributed by atoms with van der Waals surface area (Å²) in [7, 11) is 0. The van der Waals surface area contributed by atoms with E-state index in [1.807, 2.05) is 30.3 Å². The number of rotatable bonds is 10. The highest BCUT2D eigenvalue weighted by Crippen LogP contribution is 2.22. The highest BCUT2D eigenvalue weighted by molar-refractivity contribution is 7.80. The van der Waals surface area contributed by atoms with Crippen LogP contribution in [0.2, 0.25) is 0 Å². The van der Waals surface area contributed by atoms with Gasteiger partial charge in [-0.25, -0.2) is 9.59 Å². The molecule has 1 aromatic rings. The number of imide groups is 1. The molecule has 1 aliphatic heterocycles. The van der Waals surface area contributed by atoms with Crippen LogP contribution < -0.4 is 5.73 Å². The van der Waals surface area contributed by atoms with Crippen molar-refractivity contribution >= 4 is 30.5 Å². The van der Waals surface area contributed by atoms with Crippen LogP contribution in [0.25, 0.3) is 0 Å². The first-order chi connectivity index (χ1) is 12.5. The standard InChI is InChI=1S/C18H25N3O4S/c19-9-5-4-8-15(17(23)24)20-11-16(22)21(18(20)25)14(12-26)10-13-6-2-1-3-7-13/h1-3,6-7,14-15,26H,4-5,8-12,19H2,(H,23,24)/t14?,15-/m0/s1. The molecule has 1 aliphatic rings. The summed E-state index contributed by atoms with van der Waals surface area (Å²) in [6.45, 7) is 0.252. The Bertz CT molecular complexity index is 641. The second-order valence-electron chi connectivity index (χ2n) is 6.34. The zero-order valence-electron chi connectivity index (χ0n) is 14.6. The fourth-order valence-electron chi connectivity index (χ4n) is 3.16. The lowest BCUT2D eigenvalue weighted by Crippen LogP contribution is -2.47. The molecule has 0 bridgehead atoms. The molecule has 1 aromatic carbocycles. The lowest BCUT2D eigenvalue weighted by molar-refractivity contribution is -0.142. The van der Waals surface area contributed by atoms with Crippen LogP contribution in [0.1, 0.15) is 24.8 Å². The molecule has 0 aromatic heterocycles. The third-order valence-electron chi connectivity index (χ3n) is 4.51. The van der Waals surface area contributed by atoms with Crippen LogP contribution in [0, 0.1) is 0 Å². The highest BCUT2D eigenvalue weighted by atomic mass is 32.1. The monoisotopic (exact) mass is 379 g/mol. The zero-order chi connectivity index (χ0) is 19.1. The molecule has 0 aliphatic carbocycles. The summed E-state index contributed by atoms with van der Waals surface area (Å²) in [5.74, 6) is -1.17. The Morgan fingerprint density at radius 1 is 1.23 bits per heavy atom. The molecule has 2 atom stereocenters. The smallest absolute Gasteiger partial charge is 0.328 e. The number of amides is 3. The number of nitrogens with two attached hydrogens (primary N) is 1. The lowest BCUT2D eigenvalue weighted by Gasteiger charge is -2.27. The summed E-state index contributed by atoms with van der Waals surface area (Å²) in [5, 5.41) is 9.48. The Hall–Kier alpha value is -2.06. The summed E-state index contributed by atoms with van der Waals surface area (Å²) in [4.78, 5) is 39.2. The summed E-state index contributed by atoms with van der Waals surface area (Å²) in [6, 6.07) is 7.55. The molecule has 3 N–H and O–H groups in total. The fourth-order valence-corrected chi connectivity index (χ4v) is 3.45. The van der Waals surface area contributed by atoms with Gasteiger partial charge in [0.05, 0.1) is 6.04 Å². The molecule has 0 spiro atoms. The molecule has 1 unspecified atom stereocenters. The van der Waals surface area contributed by atoms with Gasteiger partial charge < -0.3 is 15.7 Å². The van der Waals surface area contributed by atoms with Gasteiger partial charge in [-0.3, -0.25) is 9.69 Å². The van der Waals surface area contributed by atoms with Crippen molar-refractivity contribution in [1.29, 1.82) is 0 Å². The number of hydrogen-bond donors (Lipinski definition) is 3. The molecule has 1 fully saturated rings. The van der Waals surface area contributed by atoms with Gasteiger partial charge in [0, 0.05) is 5.75 Å². The highest BCUT2D eigenvalue weighted by Gasteiger charge is 2.44. The number of carboxylic acid groups (broad SMARTS) is 1. The van der Waals surface area contributed by atoms with Gasteiger partial charge in [-0.2, -0.15) is 12.6 Å². The largest absolute Gasteiger partial charge is 0.480 e. The van der Waals surface area contributed by atoms with Gasteiger partial charge in [-0.1, -0.05) is 30.3 Å². The average molecular weight is 379 g/mol. The van der Waals surface area contributed by atoms with E-state index in [2.05, 4.69) is 12.6 Å². The minimum absolute atomic E-state index is 0.211. The number of hydrogen-bond acceptors (Lipinski definition) is 5. The number of carbonyl (C=O) groups excluding carboxylic acids is 2. The molecule has 0 saturated carbocycles. The molecule has 1 saturated heterocycles. The Morgan fingerprint density at radius 3 is 2.50 bits per heavy atom. The van der Waals surface area contributed by atoms with Crippen molar-refractivity contribution < 1.29 is 19.5 Å². The van der Waals surface area contributed by atoms with E-state index in [0.29, 0.717) is 31.6 Å². The van der Waals surface area contributed by atoms with Gasteiger partial charge in [-0.05, 0) is 37.8 Å². The van der Waals surface area contributed by atoms with Gasteiger partial charge in [0.2, 0.25) is 0 Å². The molecule has 0 radical (unpaired) electrons. The third-order valence-corrected chi connectivity index (χ3v) is 4.93. The van der Waals surface area contributed by atoms with Crippen molar-refractivity contribution in [2.45, 2.75) is 37.8 Å². The molecule has 3 amide bonds. The van der Waals surface area contributed by atoms with Crippen LogP contribution in [0.4, 0.5) is 4.79 Å².